The third-order valence-corrected chi connectivity index (χ3v) is 4.20. The number of ether oxygens (including phenoxy) is 2. The zero-order valence-corrected chi connectivity index (χ0v) is 14.9. The molecule has 0 aromatic heterocycles. The predicted molar refractivity (Wildman–Crippen MR) is 98.5 cm³/mol. The predicted octanol–water partition coefficient (Wildman–Crippen LogP) is 3.55. The monoisotopic (exact) mass is 354 g/mol. The van der Waals surface area contributed by atoms with Gasteiger partial charge in [-0.05, 0) is 44.2 Å². The summed E-state index contributed by atoms with van der Waals surface area (Å²) in [7, 11) is 0. The van der Waals surface area contributed by atoms with Gasteiger partial charge in [0.2, 0.25) is 0 Å². The van der Waals surface area contributed by atoms with Crippen LogP contribution < -0.4 is 10.1 Å². The van der Waals surface area contributed by atoms with E-state index >= 15 is 0 Å². The van der Waals surface area contributed by atoms with Crippen LogP contribution in [0.1, 0.15) is 24.2 Å². The highest BCUT2D eigenvalue weighted by molar-refractivity contribution is 5.97. The van der Waals surface area contributed by atoms with Crippen molar-refractivity contribution < 1.29 is 19.1 Å². The van der Waals surface area contributed by atoms with Gasteiger partial charge in [0.05, 0.1) is 18.8 Å². The molecule has 2 aromatic carbocycles. The number of anilines is 1. The first-order chi connectivity index (χ1) is 12.5. The van der Waals surface area contributed by atoms with Crippen molar-refractivity contribution in [1.29, 1.82) is 0 Å². The number of rotatable bonds is 3. The van der Waals surface area contributed by atoms with Crippen molar-refractivity contribution >= 4 is 17.7 Å². The van der Waals surface area contributed by atoms with Crippen LogP contribution in [0.15, 0.2) is 54.6 Å². The lowest BCUT2D eigenvalue weighted by molar-refractivity contribution is -0.0370. The molecule has 1 heterocycles. The van der Waals surface area contributed by atoms with E-state index in [1.54, 1.807) is 53.4 Å². The maximum absolute atomic E-state index is 12.9. The first kappa shape index (κ1) is 17.9. The Morgan fingerprint density at radius 2 is 1.88 bits per heavy atom. The number of morpholine rings is 1. The largest absolute Gasteiger partial charge is 0.417 e. The number of hydrogen-bond acceptors (Lipinski definition) is 4. The van der Waals surface area contributed by atoms with Crippen LogP contribution in [0.5, 0.6) is 5.75 Å². The van der Waals surface area contributed by atoms with Crippen LogP contribution in [-0.2, 0) is 4.74 Å². The molecule has 0 unspecified atom stereocenters. The van der Waals surface area contributed by atoms with Crippen molar-refractivity contribution in [3.8, 4) is 5.75 Å². The maximum Gasteiger partial charge on any atom is 0.417 e. The van der Waals surface area contributed by atoms with Crippen LogP contribution in [0.4, 0.5) is 10.5 Å². The molecule has 0 bridgehead atoms. The highest BCUT2D eigenvalue weighted by Crippen LogP contribution is 2.23. The lowest BCUT2D eigenvalue weighted by Gasteiger charge is -2.42. The number of carbonyl (C=O) groups excluding carboxylic acids is 2. The number of benzene rings is 2. The second-order valence-corrected chi connectivity index (χ2v) is 6.73. The van der Waals surface area contributed by atoms with E-state index in [4.69, 9.17) is 9.47 Å². The van der Waals surface area contributed by atoms with Gasteiger partial charge in [0.1, 0.15) is 5.75 Å². The minimum atomic E-state index is -0.604. The van der Waals surface area contributed by atoms with Gasteiger partial charge in [-0.3, -0.25) is 10.1 Å². The molecule has 1 fully saturated rings. The molecule has 0 atom stereocenters. The van der Waals surface area contributed by atoms with E-state index in [2.05, 4.69) is 5.32 Å². The highest BCUT2D eigenvalue weighted by Gasteiger charge is 2.34. The minimum absolute atomic E-state index is 0.0848. The van der Waals surface area contributed by atoms with Crippen LogP contribution in [0.2, 0.25) is 0 Å². The third kappa shape index (κ3) is 4.21. The second-order valence-electron chi connectivity index (χ2n) is 6.73. The summed E-state index contributed by atoms with van der Waals surface area (Å²) in [4.78, 5) is 26.7. The molecule has 6 nitrogen and oxygen atoms in total. The van der Waals surface area contributed by atoms with E-state index in [1.165, 1.54) is 0 Å². The fraction of sp³-hybridized carbons (Fsp3) is 0.300. The Balaban J connectivity index is 1.69. The second kappa shape index (κ2) is 7.58. The van der Waals surface area contributed by atoms with Crippen LogP contribution >= 0.6 is 0 Å². The molecule has 3 rings (SSSR count). The average molecular weight is 354 g/mol. The van der Waals surface area contributed by atoms with Crippen molar-refractivity contribution in [1.82, 2.24) is 4.90 Å². The van der Waals surface area contributed by atoms with Crippen LogP contribution in [0.3, 0.4) is 0 Å². The molecule has 1 aliphatic heterocycles. The molecule has 1 aliphatic rings. The Kier molecular flexibility index (Phi) is 5.23. The summed E-state index contributed by atoms with van der Waals surface area (Å²) in [5.41, 5.74) is 0.644. The molecule has 2 aromatic rings. The minimum Gasteiger partial charge on any atom is -0.410 e. The first-order valence-corrected chi connectivity index (χ1v) is 8.49. The highest BCUT2D eigenvalue weighted by atomic mass is 16.6. The summed E-state index contributed by atoms with van der Waals surface area (Å²) in [6.07, 6.45) is -0.604. The van der Waals surface area contributed by atoms with E-state index in [0.29, 0.717) is 36.8 Å². The molecule has 1 saturated heterocycles. The zero-order chi connectivity index (χ0) is 18.6. The van der Waals surface area contributed by atoms with Crippen molar-refractivity contribution in [2.75, 3.05) is 25.1 Å². The van der Waals surface area contributed by atoms with E-state index in [0.717, 1.165) is 0 Å². The summed E-state index contributed by atoms with van der Waals surface area (Å²) in [6.45, 7) is 5.52. The van der Waals surface area contributed by atoms with Gasteiger partial charge in [-0.25, -0.2) is 4.79 Å². The van der Waals surface area contributed by atoms with Crippen LogP contribution in [0.25, 0.3) is 0 Å². The normalized spacial score (nSPS) is 16.0. The number of carbonyl (C=O) groups is 2. The van der Waals surface area contributed by atoms with Gasteiger partial charge in [-0.1, -0.05) is 24.3 Å². The number of nitrogens with one attached hydrogen (secondary N) is 1. The zero-order valence-electron chi connectivity index (χ0n) is 14.9. The van der Waals surface area contributed by atoms with E-state index in [-0.39, 0.29) is 11.4 Å². The fourth-order valence-corrected chi connectivity index (χ4v) is 2.86. The third-order valence-electron chi connectivity index (χ3n) is 4.20. The van der Waals surface area contributed by atoms with Gasteiger partial charge in [0, 0.05) is 17.8 Å². The number of hydrogen-bond donors (Lipinski definition) is 1. The van der Waals surface area contributed by atoms with Gasteiger partial charge in [0.25, 0.3) is 5.91 Å². The Bertz CT molecular complexity index is 789. The maximum atomic E-state index is 12.9. The fourth-order valence-electron chi connectivity index (χ4n) is 2.86. The molecular formula is C20H22N2O4. The van der Waals surface area contributed by atoms with Crippen LogP contribution in [-0.4, -0.2) is 42.2 Å². The van der Waals surface area contributed by atoms with Gasteiger partial charge >= 0.3 is 6.09 Å². The van der Waals surface area contributed by atoms with Gasteiger partial charge < -0.3 is 14.4 Å². The molecule has 6 heteroatoms. The van der Waals surface area contributed by atoms with Gasteiger partial charge in [0.15, 0.2) is 0 Å². The smallest absolute Gasteiger partial charge is 0.410 e. The van der Waals surface area contributed by atoms with Crippen LogP contribution in [0, 0.1) is 0 Å². The summed E-state index contributed by atoms with van der Waals surface area (Å²) >= 11 is 0. The van der Waals surface area contributed by atoms with E-state index in [1.807, 2.05) is 19.9 Å². The van der Waals surface area contributed by atoms with E-state index < -0.39 is 6.09 Å². The number of para-hydroxylation sites is 1. The Hall–Kier alpha value is -2.86. The average Bonchev–Trinajstić information content (AvgIpc) is 2.62. The molecule has 0 spiro atoms. The molecule has 0 radical (unpaired) electrons. The topological polar surface area (TPSA) is 67.9 Å². The summed E-state index contributed by atoms with van der Waals surface area (Å²) in [5, 5.41) is 2.65. The van der Waals surface area contributed by atoms with Gasteiger partial charge in [-0.15, -0.1) is 0 Å². The molecule has 2 amide bonds. The molecule has 0 saturated carbocycles. The standard InChI is InChI=1S/C20H22N2O4/c1-20(2)14-25-12-11-22(20)18(23)15-7-6-8-16(13-15)21-19(24)26-17-9-4-3-5-10-17/h3-10,13H,11-12,14H2,1-2H3,(H,21,24). The first-order valence-electron chi connectivity index (χ1n) is 8.49. The van der Waals surface area contributed by atoms with Crippen molar-refractivity contribution in [3.05, 3.63) is 60.2 Å². The molecule has 0 aliphatic carbocycles. The SMILES string of the molecule is CC1(C)COCCN1C(=O)c1cccc(NC(=O)Oc2ccccc2)c1. The summed E-state index contributed by atoms with van der Waals surface area (Å²) in [6, 6.07) is 15.6. The van der Waals surface area contributed by atoms with Crippen molar-refractivity contribution in [3.63, 3.8) is 0 Å². The summed E-state index contributed by atoms with van der Waals surface area (Å²) < 4.78 is 10.7. The van der Waals surface area contributed by atoms with Gasteiger partial charge in [-0.2, -0.15) is 0 Å². The summed E-state index contributed by atoms with van der Waals surface area (Å²) in [5.74, 6) is 0.366. The quantitative estimate of drug-likeness (QED) is 0.915. The number of nitrogens with zero attached hydrogens (tertiary/aromatic N) is 1. The Morgan fingerprint density at radius 1 is 1.12 bits per heavy atom. The van der Waals surface area contributed by atoms with Crippen molar-refractivity contribution in [2.45, 2.75) is 19.4 Å². The Morgan fingerprint density at radius 3 is 2.62 bits per heavy atom. The molecular weight excluding hydrogens is 332 g/mol. The molecule has 26 heavy (non-hydrogen) atoms. The number of amides is 2. The lowest BCUT2D eigenvalue weighted by atomic mass is 10.0. The lowest BCUT2D eigenvalue weighted by Crippen LogP contribution is -2.55. The van der Waals surface area contributed by atoms with Crippen molar-refractivity contribution in [2.24, 2.45) is 0 Å². The molecule has 136 valence electrons. The molecule has 1 N–H and O–H groups in total. The van der Waals surface area contributed by atoms with E-state index in [9.17, 15) is 9.59 Å². The Labute approximate surface area is 152 Å².